The Hall–Kier alpha value is -1.05. The third-order valence-electron chi connectivity index (χ3n) is 3.06. The molecule has 1 unspecified atom stereocenters. The van der Waals surface area contributed by atoms with E-state index in [1.54, 1.807) is 0 Å². The summed E-state index contributed by atoms with van der Waals surface area (Å²) < 4.78 is 28.1. The van der Waals surface area contributed by atoms with E-state index in [9.17, 15) is 18.9 Å². The number of aromatic nitrogens is 2. The van der Waals surface area contributed by atoms with E-state index in [1.165, 1.54) is 10.9 Å². The van der Waals surface area contributed by atoms with Crippen molar-refractivity contribution >= 4 is 21.7 Å². The molecule has 18 heavy (non-hydrogen) atoms. The van der Waals surface area contributed by atoms with Crippen molar-refractivity contribution < 1.29 is 13.7 Å². The maximum atomic E-state index is 13.2. The van der Waals surface area contributed by atoms with Gasteiger partial charge in [-0.3, -0.25) is 0 Å². The Labute approximate surface area is 110 Å². The number of halogens is 3. The first kappa shape index (κ1) is 13.4. The molecule has 0 N–H and O–H groups in total. The second-order valence-corrected chi connectivity index (χ2v) is 5.45. The number of hydrogen-bond acceptors (Lipinski definition) is 3. The van der Waals surface area contributed by atoms with Gasteiger partial charge in [-0.2, -0.15) is 4.68 Å². The van der Waals surface area contributed by atoms with Gasteiger partial charge in [-0.05, 0) is 39.6 Å². The van der Waals surface area contributed by atoms with Crippen molar-refractivity contribution in [3.05, 3.63) is 20.8 Å². The fraction of sp³-hybridized carbons (Fsp3) is 0.700. The molecule has 1 atom stereocenters. The van der Waals surface area contributed by atoms with Crippen LogP contribution in [0, 0.1) is 16.0 Å². The molecule has 1 aliphatic rings. The van der Waals surface area contributed by atoms with Crippen LogP contribution in [0.25, 0.3) is 0 Å². The number of nitrogens with zero attached hydrogens (tertiary/aromatic N) is 3. The molecule has 8 heteroatoms. The van der Waals surface area contributed by atoms with E-state index >= 15 is 0 Å². The summed E-state index contributed by atoms with van der Waals surface area (Å²) in [6, 6.07) is 0. The average molecular weight is 324 g/mol. The highest BCUT2D eigenvalue weighted by Gasteiger charge is 2.36. The highest BCUT2D eigenvalue weighted by atomic mass is 79.9. The zero-order valence-corrected chi connectivity index (χ0v) is 11.1. The molecule has 5 nitrogen and oxygen atoms in total. The van der Waals surface area contributed by atoms with E-state index in [2.05, 4.69) is 21.0 Å². The van der Waals surface area contributed by atoms with Crippen LogP contribution in [0.2, 0.25) is 0 Å². The molecule has 1 aromatic rings. The predicted octanol–water partition coefficient (Wildman–Crippen LogP) is 3.38. The van der Waals surface area contributed by atoms with E-state index < -0.39 is 10.8 Å². The Morgan fingerprint density at radius 2 is 2.39 bits per heavy atom. The Bertz CT molecular complexity index is 464. The summed E-state index contributed by atoms with van der Waals surface area (Å²) in [7, 11) is 0. The summed E-state index contributed by atoms with van der Waals surface area (Å²) >= 11 is 3.03. The SMILES string of the molecule is O=[N+]([O-])c1nn(CC2CCCC(F)(F)C2)cc1Br. The van der Waals surface area contributed by atoms with Crippen molar-refractivity contribution in [2.24, 2.45) is 5.92 Å². The van der Waals surface area contributed by atoms with Crippen molar-refractivity contribution in [1.29, 1.82) is 0 Å². The summed E-state index contributed by atoms with van der Waals surface area (Å²) in [5.41, 5.74) is 0. The van der Waals surface area contributed by atoms with Crippen LogP contribution in [0.15, 0.2) is 10.7 Å². The van der Waals surface area contributed by atoms with Crippen LogP contribution < -0.4 is 0 Å². The van der Waals surface area contributed by atoms with Crippen LogP contribution in [-0.4, -0.2) is 20.6 Å². The van der Waals surface area contributed by atoms with Gasteiger partial charge < -0.3 is 10.1 Å². The summed E-state index contributed by atoms with van der Waals surface area (Å²) in [4.78, 5) is 10.0. The van der Waals surface area contributed by atoms with Crippen molar-refractivity contribution in [2.75, 3.05) is 0 Å². The van der Waals surface area contributed by atoms with E-state index in [0.29, 0.717) is 19.4 Å². The Balaban J connectivity index is 2.05. The minimum atomic E-state index is -2.61. The molecule has 0 radical (unpaired) electrons. The molecule has 0 spiro atoms. The number of hydrogen-bond donors (Lipinski definition) is 0. The fourth-order valence-electron chi connectivity index (χ4n) is 2.30. The Kier molecular flexibility index (Phi) is 3.65. The lowest BCUT2D eigenvalue weighted by Gasteiger charge is -2.28. The summed E-state index contributed by atoms with van der Waals surface area (Å²) in [5.74, 6) is -3.07. The summed E-state index contributed by atoms with van der Waals surface area (Å²) in [6.07, 6.45) is 2.43. The van der Waals surface area contributed by atoms with Gasteiger partial charge in [0.25, 0.3) is 0 Å². The van der Waals surface area contributed by atoms with Gasteiger partial charge >= 0.3 is 5.82 Å². The van der Waals surface area contributed by atoms with Crippen molar-refractivity contribution in [2.45, 2.75) is 38.2 Å². The Morgan fingerprint density at radius 1 is 1.67 bits per heavy atom. The largest absolute Gasteiger partial charge is 0.404 e. The van der Waals surface area contributed by atoms with Gasteiger partial charge in [0.1, 0.15) is 4.47 Å². The summed E-state index contributed by atoms with van der Waals surface area (Å²) in [5, 5.41) is 14.4. The second-order valence-electron chi connectivity index (χ2n) is 4.60. The van der Waals surface area contributed by atoms with E-state index in [4.69, 9.17) is 0 Å². The fourth-order valence-corrected chi connectivity index (χ4v) is 2.76. The smallest absolute Gasteiger partial charge is 0.358 e. The third-order valence-corrected chi connectivity index (χ3v) is 3.62. The van der Waals surface area contributed by atoms with Crippen LogP contribution in [0.5, 0.6) is 0 Å². The molecule has 1 fully saturated rings. The van der Waals surface area contributed by atoms with Crippen LogP contribution in [0.3, 0.4) is 0 Å². The van der Waals surface area contributed by atoms with Gasteiger partial charge in [0.2, 0.25) is 5.92 Å². The van der Waals surface area contributed by atoms with Gasteiger partial charge in [-0.15, -0.1) is 0 Å². The number of rotatable bonds is 3. The molecule has 1 saturated carbocycles. The van der Waals surface area contributed by atoms with Gasteiger partial charge in [-0.25, -0.2) is 8.78 Å². The van der Waals surface area contributed by atoms with Crippen LogP contribution in [0.4, 0.5) is 14.6 Å². The van der Waals surface area contributed by atoms with Crippen molar-refractivity contribution in [1.82, 2.24) is 9.78 Å². The van der Waals surface area contributed by atoms with Gasteiger partial charge in [0.15, 0.2) is 0 Å². The van der Waals surface area contributed by atoms with E-state index in [-0.39, 0.29) is 29.1 Å². The van der Waals surface area contributed by atoms with Crippen LogP contribution >= 0.6 is 15.9 Å². The first-order chi connectivity index (χ1) is 8.37. The first-order valence-corrected chi connectivity index (χ1v) is 6.42. The predicted molar refractivity (Wildman–Crippen MR) is 63.5 cm³/mol. The highest BCUT2D eigenvalue weighted by Crippen LogP contribution is 2.37. The molecule has 100 valence electrons. The minimum absolute atomic E-state index is 0.0630. The van der Waals surface area contributed by atoms with Gasteiger partial charge in [0.05, 0.1) is 17.8 Å². The lowest BCUT2D eigenvalue weighted by atomic mass is 9.86. The lowest BCUT2D eigenvalue weighted by molar-refractivity contribution is -0.390. The van der Waals surface area contributed by atoms with Crippen molar-refractivity contribution in [3.8, 4) is 0 Å². The molecular weight excluding hydrogens is 312 g/mol. The quantitative estimate of drug-likeness (QED) is 0.632. The van der Waals surface area contributed by atoms with Gasteiger partial charge in [-0.1, -0.05) is 0 Å². The number of alkyl halides is 2. The molecule has 0 aliphatic heterocycles. The Morgan fingerprint density at radius 3 is 2.94 bits per heavy atom. The average Bonchev–Trinajstić information content (AvgIpc) is 2.58. The maximum Gasteiger partial charge on any atom is 0.404 e. The molecule has 2 rings (SSSR count). The monoisotopic (exact) mass is 323 g/mol. The summed E-state index contributed by atoms with van der Waals surface area (Å²) in [6.45, 7) is 0.294. The normalized spacial score (nSPS) is 22.9. The molecular formula is C10H12BrF2N3O2. The highest BCUT2D eigenvalue weighted by molar-refractivity contribution is 9.10. The molecule has 1 heterocycles. The molecule has 0 amide bonds. The zero-order chi connectivity index (χ0) is 13.3. The minimum Gasteiger partial charge on any atom is -0.358 e. The maximum absolute atomic E-state index is 13.2. The topological polar surface area (TPSA) is 61.0 Å². The molecule has 0 aromatic carbocycles. The molecule has 0 saturated heterocycles. The molecule has 1 aromatic heterocycles. The molecule has 0 bridgehead atoms. The van der Waals surface area contributed by atoms with Crippen molar-refractivity contribution in [3.63, 3.8) is 0 Å². The van der Waals surface area contributed by atoms with Crippen LogP contribution in [0.1, 0.15) is 25.7 Å². The van der Waals surface area contributed by atoms with E-state index in [0.717, 1.165) is 0 Å². The lowest BCUT2D eigenvalue weighted by Crippen LogP contribution is -2.28. The second kappa shape index (κ2) is 4.91. The standard InChI is InChI=1S/C10H12BrF2N3O2/c11-8-6-15(14-9(8)16(17)18)5-7-2-1-3-10(12,13)4-7/h6-7H,1-5H2. The molecule has 1 aliphatic carbocycles. The van der Waals surface area contributed by atoms with Crippen LogP contribution in [-0.2, 0) is 6.54 Å². The van der Waals surface area contributed by atoms with E-state index in [1.807, 2.05) is 0 Å². The number of nitro groups is 1. The first-order valence-electron chi connectivity index (χ1n) is 5.62. The van der Waals surface area contributed by atoms with Gasteiger partial charge in [0, 0.05) is 12.8 Å². The zero-order valence-electron chi connectivity index (χ0n) is 9.48. The third kappa shape index (κ3) is 3.04.